The largest absolute Gasteiger partial charge is 0.481 e. The van der Waals surface area contributed by atoms with Crippen molar-refractivity contribution in [1.29, 1.82) is 0 Å². The predicted molar refractivity (Wildman–Crippen MR) is 76.0 cm³/mol. The number of rotatable bonds is 5. The lowest BCUT2D eigenvalue weighted by Crippen LogP contribution is -2.37. The van der Waals surface area contributed by atoms with Crippen molar-refractivity contribution in [3.63, 3.8) is 0 Å². The second-order valence-corrected chi connectivity index (χ2v) is 5.82. The molecule has 19 heavy (non-hydrogen) atoms. The molecule has 0 aliphatic heterocycles. The minimum Gasteiger partial charge on any atom is -0.481 e. The van der Waals surface area contributed by atoms with Crippen molar-refractivity contribution >= 4 is 21.8 Å². The van der Waals surface area contributed by atoms with E-state index in [9.17, 15) is 9.90 Å². The van der Waals surface area contributed by atoms with Crippen LogP contribution >= 0.6 is 15.9 Å². The Kier molecular flexibility index (Phi) is 4.47. The monoisotopic (exact) mass is 327 g/mol. The molecule has 1 unspecified atom stereocenters. The summed E-state index contributed by atoms with van der Waals surface area (Å²) in [5.74, 6) is 0.429. The van der Waals surface area contributed by atoms with Gasteiger partial charge in [0.05, 0.1) is 6.10 Å². The number of carbonyl (C=O) groups excluding carboxylic acids is 1. The first-order valence-corrected chi connectivity index (χ1v) is 7.21. The third-order valence-electron chi connectivity index (χ3n) is 3.02. The standard InChI is InChI=1S/C14H18BrNO3/c1-8(17)12-7-10(15)3-6-13(12)19-9(2)14(18)16-11-4-5-11/h3,6-9,11,17H,4-5H2,1-2H3,(H,16,18)/t8-,9?/m0/s1. The number of aliphatic hydroxyl groups is 1. The molecular formula is C14H18BrNO3. The molecule has 1 aromatic carbocycles. The third kappa shape index (κ3) is 3.94. The van der Waals surface area contributed by atoms with Crippen LogP contribution in [0.1, 0.15) is 38.4 Å². The highest BCUT2D eigenvalue weighted by Crippen LogP contribution is 2.29. The maximum absolute atomic E-state index is 11.8. The van der Waals surface area contributed by atoms with Gasteiger partial charge in [-0.1, -0.05) is 15.9 Å². The van der Waals surface area contributed by atoms with Crippen LogP contribution in [0, 0.1) is 0 Å². The van der Waals surface area contributed by atoms with E-state index in [0.717, 1.165) is 17.3 Å². The summed E-state index contributed by atoms with van der Waals surface area (Å²) in [4.78, 5) is 11.8. The highest BCUT2D eigenvalue weighted by molar-refractivity contribution is 9.10. The molecular weight excluding hydrogens is 310 g/mol. The van der Waals surface area contributed by atoms with Crippen molar-refractivity contribution in [2.75, 3.05) is 0 Å². The Labute approximate surface area is 121 Å². The Morgan fingerprint density at radius 1 is 1.47 bits per heavy atom. The van der Waals surface area contributed by atoms with Gasteiger partial charge in [-0.15, -0.1) is 0 Å². The first kappa shape index (κ1) is 14.3. The van der Waals surface area contributed by atoms with Crippen LogP contribution in [-0.4, -0.2) is 23.2 Å². The number of carbonyl (C=O) groups is 1. The first-order chi connectivity index (χ1) is 8.97. The number of hydrogen-bond donors (Lipinski definition) is 2. The molecule has 0 bridgehead atoms. The van der Waals surface area contributed by atoms with Crippen LogP contribution in [0.4, 0.5) is 0 Å². The molecule has 0 radical (unpaired) electrons. The van der Waals surface area contributed by atoms with E-state index >= 15 is 0 Å². The van der Waals surface area contributed by atoms with E-state index in [4.69, 9.17) is 4.74 Å². The Morgan fingerprint density at radius 2 is 2.16 bits per heavy atom. The van der Waals surface area contributed by atoms with Gasteiger partial charge in [0, 0.05) is 16.1 Å². The molecule has 1 aliphatic rings. The van der Waals surface area contributed by atoms with Gasteiger partial charge in [0.2, 0.25) is 0 Å². The molecule has 5 heteroatoms. The fourth-order valence-electron chi connectivity index (χ4n) is 1.74. The fourth-order valence-corrected chi connectivity index (χ4v) is 2.12. The summed E-state index contributed by atoms with van der Waals surface area (Å²) < 4.78 is 6.53. The smallest absolute Gasteiger partial charge is 0.260 e. The maximum atomic E-state index is 11.8. The van der Waals surface area contributed by atoms with E-state index in [1.807, 2.05) is 6.07 Å². The number of amides is 1. The topological polar surface area (TPSA) is 58.6 Å². The van der Waals surface area contributed by atoms with Gasteiger partial charge in [-0.05, 0) is 44.9 Å². The van der Waals surface area contributed by atoms with Crippen molar-refractivity contribution in [3.05, 3.63) is 28.2 Å². The Bertz CT molecular complexity index is 472. The molecule has 1 aromatic rings. The molecule has 2 rings (SSSR count). The zero-order valence-electron chi connectivity index (χ0n) is 11.0. The molecule has 0 aromatic heterocycles. The van der Waals surface area contributed by atoms with Gasteiger partial charge in [-0.2, -0.15) is 0 Å². The molecule has 104 valence electrons. The summed E-state index contributed by atoms with van der Waals surface area (Å²) in [7, 11) is 0. The summed E-state index contributed by atoms with van der Waals surface area (Å²) in [5.41, 5.74) is 0.667. The second kappa shape index (κ2) is 5.92. The van der Waals surface area contributed by atoms with Crippen LogP contribution < -0.4 is 10.1 Å². The third-order valence-corrected chi connectivity index (χ3v) is 3.51. The van der Waals surface area contributed by atoms with Crippen LogP contribution in [-0.2, 0) is 4.79 Å². The molecule has 1 aliphatic carbocycles. The lowest BCUT2D eigenvalue weighted by Gasteiger charge is -2.18. The van der Waals surface area contributed by atoms with Gasteiger partial charge >= 0.3 is 0 Å². The number of halogens is 1. The Balaban J connectivity index is 2.06. The number of aliphatic hydroxyl groups excluding tert-OH is 1. The highest BCUT2D eigenvalue weighted by atomic mass is 79.9. The quantitative estimate of drug-likeness (QED) is 0.873. The summed E-state index contributed by atoms with van der Waals surface area (Å²) in [6, 6.07) is 5.70. The average molecular weight is 328 g/mol. The van der Waals surface area contributed by atoms with Crippen molar-refractivity contribution in [3.8, 4) is 5.75 Å². The Morgan fingerprint density at radius 3 is 2.74 bits per heavy atom. The van der Waals surface area contributed by atoms with Gasteiger partial charge in [0.1, 0.15) is 5.75 Å². The Hall–Kier alpha value is -1.07. The minimum absolute atomic E-state index is 0.109. The average Bonchev–Trinajstić information content (AvgIpc) is 3.14. The van der Waals surface area contributed by atoms with E-state index < -0.39 is 12.2 Å². The van der Waals surface area contributed by atoms with Crippen LogP contribution in [0.5, 0.6) is 5.75 Å². The first-order valence-electron chi connectivity index (χ1n) is 6.42. The number of benzene rings is 1. The van der Waals surface area contributed by atoms with E-state index in [1.165, 1.54) is 0 Å². The van der Waals surface area contributed by atoms with Crippen molar-refractivity contribution < 1.29 is 14.6 Å². The van der Waals surface area contributed by atoms with Crippen LogP contribution in [0.25, 0.3) is 0 Å². The van der Waals surface area contributed by atoms with E-state index in [1.54, 1.807) is 26.0 Å². The van der Waals surface area contributed by atoms with E-state index in [2.05, 4.69) is 21.2 Å². The summed E-state index contributed by atoms with van der Waals surface area (Å²) in [5, 5.41) is 12.6. The summed E-state index contributed by atoms with van der Waals surface area (Å²) >= 11 is 3.35. The molecule has 1 amide bonds. The molecule has 1 fully saturated rings. The number of nitrogens with one attached hydrogen (secondary N) is 1. The summed E-state index contributed by atoms with van der Waals surface area (Å²) in [6.07, 6.45) is 0.885. The minimum atomic E-state index is -0.647. The maximum Gasteiger partial charge on any atom is 0.260 e. The molecule has 2 N–H and O–H groups in total. The van der Waals surface area contributed by atoms with Crippen molar-refractivity contribution in [2.45, 2.75) is 44.9 Å². The second-order valence-electron chi connectivity index (χ2n) is 4.90. The number of ether oxygens (including phenoxy) is 1. The van der Waals surface area contributed by atoms with Gasteiger partial charge < -0.3 is 15.2 Å². The zero-order valence-corrected chi connectivity index (χ0v) is 12.6. The molecule has 2 atom stereocenters. The van der Waals surface area contributed by atoms with Gasteiger partial charge in [0.15, 0.2) is 6.10 Å². The zero-order chi connectivity index (χ0) is 14.0. The van der Waals surface area contributed by atoms with Crippen LogP contribution in [0.3, 0.4) is 0 Å². The van der Waals surface area contributed by atoms with Crippen LogP contribution in [0.2, 0.25) is 0 Å². The van der Waals surface area contributed by atoms with E-state index in [-0.39, 0.29) is 5.91 Å². The van der Waals surface area contributed by atoms with Crippen molar-refractivity contribution in [2.24, 2.45) is 0 Å². The van der Waals surface area contributed by atoms with Gasteiger partial charge in [-0.3, -0.25) is 4.79 Å². The lowest BCUT2D eigenvalue weighted by molar-refractivity contribution is -0.127. The molecule has 4 nitrogen and oxygen atoms in total. The number of hydrogen-bond acceptors (Lipinski definition) is 3. The summed E-state index contributed by atoms with van der Waals surface area (Å²) in [6.45, 7) is 3.38. The van der Waals surface area contributed by atoms with Crippen molar-refractivity contribution in [1.82, 2.24) is 5.32 Å². The fraction of sp³-hybridized carbons (Fsp3) is 0.500. The molecule has 1 saturated carbocycles. The normalized spacial score (nSPS) is 17.7. The lowest BCUT2D eigenvalue weighted by atomic mass is 10.1. The molecule has 0 saturated heterocycles. The molecule has 0 heterocycles. The van der Waals surface area contributed by atoms with E-state index in [0.29, 0.717) is 17.4 Å². The van der Waals surface area contributed by atoms with Gasteiger partial charge in [0.25, 0.3) is 5.91 Å². The van der Waals surface area contributed by atoms with Crippen LogP contribution in [0.15, 0.2) is 22.7 Å². The highest BCUT2D eigenvalue weighted by Gasteiger charge is 2.26. The molecule has 0 spiro atoms. The van der Waals surface area contributed by atoms with Gasteiger partial charge in [-0.25, -0.2) is 0 Å². The predicted octanol–water partition coefficient (Wildman–Crippen LogP) is 2.55. The SMILES string of the molecule is CC(Oc1ccc(Br)cc1[C@H](C)O)C(=O)NC1CC1.